The highest BCUT2D eigenvalue weighted by Gasteiger charge is 2.61. The number of rotatable bonds is 11. The van der Waals surface area contributed by atoms with E-state index in [0.29, 0.717) is 44.1 Å². The maximum Gasteiger partial charge on any atom is 0.326 e. The van der Waals surface area contributed by atoms with Crippen LogP contribution in [0.5, 0.6) is 0 Å². The highest BCUT2D eigenvalue weighted by molar-refractivity contribution is 5.89. The molecule has 0 heterocycles. The third-order valence-electron chi connectivity index (χ3n) is 9.58. The zero-order chi connectivity index (χ0) is 24.9. The minimum Gasteiger partial charge on any atom is -0.480 e. The molecule has 0 aromatic carbocycles. The molecule has 3 saturated carbocycles. The molecule has 3 fully saturated rings. The molecule has 0 unspecified atom stereocenters. The molecule has 8 heteroatoms. The molecule has 3 aliphatic rings. The zero-order valence-electron chi connectivity index (χ0n) is 21.3. The Kier molecular flexibility index (Phi) is 8.87. The Labute approximate surface area is 204 Å². The number of urea groups is 1. The van der Waals surface area contributed by atoms with Gasteiger partial charge in [-0.15, -0.1) is 0 Å². The maximum absolute atomic E-state index is 13.5. The van der Waals surface area contributed by atoms with E-state index in [0.717, 1.165) is 38.5 Å². The first-order valence-electron chi connectivity index (χ1n) is 13.4. The molecule has 3 rings (SSSR count). The number of hydrogen-bond acceptors (Lipinski definition) is 4. The van der Waals surface area contributed by atoms with Gasteiger partial charge >= 0.3 is 12.0 Å². The number of fused-ring (bicyclic) bond motifs is 2. The van der Waals surface area contributed by atoms with Crippen LogP contribution < -0.4 is 21.7 Å². The molecule has 34 heavy (non-hydrogen) atoms. The van der Waals surface area contributed by atoms with Gasteiger partial charge in [-0.05, 0) is 74.2 Å². The number of nitrogens with one attached hydrogen (secondary N) is 3. The summed E-state index contributed by atoms with van der Waals surface area (Å²) in [6, 6.07) is -2.13. The van der Waals surface area contributed by atoms with Crippen molar-refractivity contribution in [1.29, 1.82) is 0 Å². The summed E-state index contributed by atoms with van der Waals surface area (Å²) in [6.07, 6.45) is 11.2. The maximum atomic E-state index is 13.5. The summed E-state index contributed by atoms with van der Waals surface area (Å²) in [6.45, 7) is 7.41. The lowest BCUT2D eigenvalue weighted by molar-refractivity contribution is -0.139. The first-order chi connectivity index (χ1) is 16.1. The molecule has 3 amide bonds. The van der Waals surface area contributed by atoms with Gasteiger partial charge in [0, 0.05) is 6.04 Å². The van der Waals surface area contributed by atoms with Crippen LogP contribution in [0.4, 0.5) is 4.79 Å². The third kappa shape index (κ3) is 5.86. The molecule has 0 aliphatic heterocycles. The van der Waals surface area contributed by atoms with E-state index in [-0.39, 0.29) is 22.8 Å². The normalized spacial score (nSPS) is 29.9. The molecule has 0 spiro atoms. The van der Waals surface area contributed by atoms with Crippen molar-refractivity contribution in [2.75, 3.05) is 6.54 Å². The largest absolute Gasteiger partial charge is 0.480 e. The van der Waals surface area contributed by atoms with Crippen LogP contribution >= 0.6 is 0 Å². The summed E-state index contributed by atoms with van der Waals surface area (Å²) >= 11 is 0. The second-order valence-electron chi connectivity index (χ2n) is 11.8. The van der Waals surface area contributed by atoms with Gasteiger partial charge in [0.15, 0.2) is 0 Å². The van der Waals surface area contributed by atoms with Crippen molar-refractivity contribution in [1.82, 2.24) is 16.0 Å². The van der Waals surface area contributed by atoms with Crippen molar-refractivity contribution < 1.29 is 19.5 Å². The number of carbonyl (C=O) groups excluding carboxylic acids is 2. The van der Waals surface area contributed by atoms with E-state index in [1.807, 2.05) is 0 Å². The molecule has 3 aliphatic carbocycles. The van der Waals surface area contributed by atoms with E-state index in [4.69, 9.17) is 5.73 Å². The second kappa shape index (κ2) is 11.3. The Bertz CT molecular complexity index is 736. The van der Waals surface area contributed by atoms with E-state index in [2.05, 4.69) is 36.7 Å². The Morgan fingerprint density at radius 3 is 2.24 bits per heavy atom. The Morgan fingerprint density at radius 2 is 1.68 bits per heavy atom. The monoisotopic (exact) mass is 478 g/mol. The van der Waals surface area contributed by atoms with Gasteiger partial charge in [0.1, 0.15) is 12.1 Å². The van der Waals surface area contributed by atoms with Crippen LogP contribution in [0.15, 0.2) is 0 Å². The molecule has 6 N–H and O–H groups in total. The van der Waals surface area contributed by atoms with E-state index >= 15 is 0 Å². The number of carboxylic acid groups (broad SMARTS) is 1. The van der Waals surface area contributed by atoms with Crippen LogP contribution in [0.25, 0.3) is 0 Å². The van der Waals surface area contributed by atoms with Crippen LogP contribution in [-0.4, -0.2) is 47.7 Å². The molecule has 0 saturated heterocycles. The molecule has 0 aromatic rings. The highest BCUT2D eigenvalue weighted by Crippen LogP contribution is 2.65. The van der Waals surface area contributed by atoms with Crippen molar-refractivity contribution in [3.05, 3.63) is 0 Å². The van der Waals surface area contributed by atoms with Crippen LogP contribution in [0.1, 0.15) is 97.8 Å². The van der Waals surface area contributed by atoms with Crippen molar-refractivity contribution in [3.8, 4) is 0 Å². The molecular weight excluding hydrogens is 432 g/mol. The number of nitrogens with two attached hydrogens (primary N) is 1. The van der Waals surface area contributed by atoms with Gasteiger partial charge in [-0.2, -0.15) is 0 Å². The van der Waals surface area contributed by atoms with Crippen LogP contribution in [-0.2, 0) is 9.59 Å². The number of unbranched alkanes of at least 4 members (excludes halogenated alkanes) is 1. The van der Waals surface area contributed by atoms with Gasteiger partial charge in [0.05, 0.1) is 0 Å². The number of aliphatic carboxylic acids is 1. The zero-order valence-corrected chi connectivity index (χ0v) is 21.3. The predicted molar refractivity (Wildman–Crippen MR) is 132 cm³/mol. The molecular formula is C26H46N4O4. The molecule has 194 valence electrons. The molecule has 0 aromatic heterocycles. The lowest BCUT2D eigenvalue weighted by atomic mass is 9.69. The van der Waals surface area contributed by atoms with Crippen LogP contribution in [0, 0.1) is 22.7 Å². The lowest BCUT2D eigenvalue weighted by Gasteiger charge is -2.40. The van der Waals surface area contributed by atoms with Gasteiger partial charge in [0.25, 0.3) is 0 Å². The number of carboxylic acids is 1. The average Bonchev–Trinajstić information content (AvgIpc) is 3.12. The summed E-state index contributed by atoms with van der Waals surface area (Å²) in [5, 5.41) is 18.2. The van der Waals surface area contributed by atoms with Gasteiger partial charge in [-0.25, -0.2) is 9.59 Å². The topological polar surface area (TPSA) is 134 Å². The SMILES string of the molecule is CC1(C)[C@@H]2CC[C@@]1(C)[C@@H](NC(=O)[C@@H](CC1CCCCC1)NC(=O)N[C@@H](CCCCN)C(=O)O)C2. The minimum absolute atomic E-state index is 0.0579. The van der Waals surface area contributed by atoms with Crippen molar-refractivity contribution in [2.24, 2.45) is 28.4 Å². The van der Waals surface area contributed by atoms with Gasteiger partial charge in [-0.1, -0.05) is 52.9 Å². The summed E-state index contributed by atoms with van der Waals surface area (Å²) in [7, 11) is 0. The fourth-order valence-electron chi connectivity index (χ4n) is 6.79. The van der Waals surface area contributed by atoms with E-state index in [9.17, 15) is 19.5 Å². The van der Waals surface area contributed by atoms with Gasteiger partial charge < -0.3 is 26.8 Å². The van der Waals surface area contributed by atoms with Crippen LogP contribution in [0.2, 0.25) is 0 Å². The summed E-state index contributed by atoms with van der Waals surface area (Å²) in [5.74, 6) is -0.194. The van der Waals surface area contributed by atoms with Crippen LogP contribution in [0.3, 0.4) is 0 Å². The van der Waals surface area contributed by atoms with E-state index < -0.39 is 24.1 Å². The molecule has 0 radical (unpaired) electrons. The van der Waals surface area contributed by atoms with Gasteiger partial charge in [-0.3, -0.25) is 4.79 Å². The van der Waals surface area contributed by atoms with Gasteiger partial charge in [0.2, 0.25) is 5.91 Å². The Hall–Kier alpha value is -1.83. The Balaban J connectivity index is 1.65. The number of hydrogen-bond donors (Lipinski definition) is 5. The van der Waals surface area contributed by atoms with Crippen molar-refractivity contribution in [2.45, 2.75) is 116 Å². The Morgan fingerprint density at radius 1 is 1.00 bits per heavy atom. The third-order valence-corrected chi connectivity index (χ3v) is 9.58. The van der Waals surface area contributed by atoms with Crippen molar-refractivity contribution in [3.63, 3.8) is 0 Å². The summed E-state index contributed by atoms with van der Waals surface area (Å²) in [4.78, 5) is 37.9. The molecule has 8 nitrogen and oxygen atoms in total. The fraction of sp³-hybridized carbons (Fsp3) is 0.885. The van der Waals surface area contributed by atoms with E-state index in [1.165, 1.54) is 12.8 Å². The lowest BCUT2D eigenvalue weighted by Crippen LogP contribution is -2.57. The smallest absolute Gasteiger partial charge is 0.326 e. The summed E-state index contributed by atoms with van der Waals surface area (Å²) in [5.41, 5.74) is 5.75. The minimum atomic E-state index is -1.07. The number of carbonyl (C=O) groups is 3. The van der Waals surface area contributed by atoms with E-state index in [1.54, 1.807) is 0 Å². The fourth-order valence-corrected chi connectivity index (χ4v) is 6.79. The highest BCUT2D eigenvalue weighted by atomic mass is 16.4. The first-order valence-corrected chi connectivity index (χ1v) is 13.4. The van der Waals surface area contributed by atoms with Crippen molar-refractivity contribution >= 4 is 17.9 Å². The molecule has 2 bridgehead atoms. The average molecular weight is 479 g/mol. The molecule has 5 atom stereocenters. The standard InChI is InChI=1S/C26H46N4O4/c1-25(2)18-12-13-26(25,3)21(16-18)30-22(31)20(15-17-9-5-4-6-10-17)29-24(34)28-19(23(32)33)11-7-8-14-27/h17-21H,4-16,27H2,1-3H3,(H,30,31)(H,32,33)(H2,28,29,34)/t18-,19+,20-,21+,26+/m1/s1. The quantitative estimate of drug-likeness (QED) is 0.290. The second-order valence-corrected chi connectivity index (χ2v) is 11.8. The first kappa shape index (κ1) is 26.8. The number of amides is 3. The predicted octanol–water partition coefficient (Wildman–Crippen LogP) is 3.54. The summed E-state index contributed by atoms with van der Waals surface area (Å²) < 4.78 is 0.